The standard InChI is InChI=1S/C19H31NOSi/c1-6-9-13-18(16-19(21)20(7-2)8-3)22(4,5)17-14-11-10-12-15-17/h10-12,14-16H,6-9,13H2,1-5H3/b18-16+. The van der Waals surface area contributed by atoms with Crippen LogP contribution in [0.5, 0.6) is 0 Å². The Balaban J connectivity index is 3.13. The van der Waals surface area contributed by atoms with Gasteiger partial charge in [0.2, 0.25) is 5.91 Å². The molecule has 3 heteroatoms. The smallest absolute Gasteiger partial charge is 0.246 e. The maximum atomic E-state index is 12.5. The third kappa shape index (κ3) is 4.84. The van der Waals surface area contributed by atoms with Crippen LogP contribution in [0, 0.1) is 0 Å². The Morgan fingerprint density at radius 3 is 2.18 bits per heavy atom. The van der Waals surface area contributed by atoms with Gasteiger partial charge in [-0.2, -0.15) is 0 Å². The minimum atomic E-state index is -1.77. The third-order valence-electron chi connectivity index (χ3n) is 4.47. The van der Waals surface area contributed by atoms with Crippen LogP contribution in [0.3, 0.4) is 0 Å². The van der Waals surface area contributed by atoms with Crippen molar-refractivity contribution in [2.24, 2.45) is 0 Å². The molecule has 1 aromatic rings. The van der Waals surface area contributed by atoms with Crippen molar-refractivity contribution in [3.63, 3.8) is 0 Å². The molecule has 0 N–H and O–H groups in total. The predicted octanol–water partition coefficient (Wildman–Crippen LogP) is 4.13. The topological polar surface area (TPSA) is 20.3 Å². The number of carbonyl (C=O) groups excluding carboxylic acids is 1. The van der Waals surface area contributed by atoms with Gasteiger partial charge in [0.25, 0.3) is 0 Å². The van der Waals surface area contributed by atoms with Gasteiger partial charge >= 0.3 is 0 Å². The van der Waals surface area contributed by atoms with E-state index in [1.807, 2.05) is 24.8 Å². The molecular formula is C19H31NOSi. The highest BCUT2D eigenvalue weighted by atomic mass is 28.3. The number of hydrogen-bond acceptors (Lipinski definition) is 1. The van der Waals surface area contributed by atoms with Crippen LogP contribution in [0.25, 0.3) is 0 Å². The molecule has 0 saturated heterocycles. The van der Waals surface area contributed by atoms with E-state index in [4.69, 9.17) is 0 Å². The number of amides is 1. The summed E-state index contributed by atoms with van der Waals surface area (Å²) in [5.74, 6) is 0.174. The van der Waals surface area contributed by atoms with Crippen molar-refractivity contribution in [1.29, 1.82) is 0 Å². The summed E-state index contributed by atoms with van der Waals surface area (Å²) in [7, 11) is -1.77. The number of likely N-dealkylation sites (N-methyl/N-ethyl adjacent to an activating group) is 1. The summed E-state index contributed by atoms with van der Waals surface area (Å²) in [6.45, 7) is 12.6. The van der Waals surface area contributed by atoms with Crippen LogP contribution in [0.15, 0.2) is 41.6 Å². The fourth-order valence-corrected chi connectivity index (χ4v) is 5.43. The zero-order valence-corrected chi connectivity index (χ0v) is 15.9. The lowest BCUT2D eigenvalue weighted by Crippen LogP contribution is -2.44. The first-order chi connectivity index (χ1) is 10.5. The summed E-state index contributed by atoms with van der Waals surface area (Å²) in [5.41, 5.74) is 0. The second-order valence-electron chi connectivity index (χ2n) is 6.27. The van der Waals surface area contributed by atoms with Crippen LogP contribution in [0.2, 0.25) is 13.1 Å². The molecular weight excluding hydrogens is 286 g/mol. The van der Waals surface area contributed by atoms with E-state index in [0.717, 1.165) is 32.4 Å². The zero-order valence-electron chi connectivity index (χ0n) is 14.9. The van der Waals surface area contributed by atoms with Crippen molar-refractivity contribution in [2.75, 3.05) is 13.1 Å². The lowest BCUT2D eigenvalue weighted by atomic mass is 10.2. The molecule has 0 aliphatic rings. The average Bonchev–Trinajstić information content (AvgIpc) is 2.53. The molecule has 0 aliphatic carbocycles. The average molecular weight is 318 g/mol. The van der Waals surface area contributed by atoms with Gasteiger partial charge in [0.05, 0.1) is 0 Å². The largest absolute Gasteiger partial charge is 0.340 e. The fraction of sp³-hybridized carbons (Fsp3) is 0.526. The van der Waals surface area contributed by atoms with Gasteiger partial charge in [-0.1, -0.05) is 73.6 Å². The van der Waals surface area contributed by atoms with Gasteiger partial charge in [0.15, 0.2) is 0 Å². The van der Waals surface area contributed by atoms with Crippen molar-refractivity contribution in [3.8, 4) is 0 Å². The predicted molar refractivity (Wildman–Crippen MR) is 99.1 cm³/mol. The zero-order chi connectivity index (χ0) is 16.6. The number of allylic oxidation sites excluding steroid dienone is 1. The molecule has 0 unspecified atom stereocenters. The van der Waals surface area contributed by atoms with E-state index in [0.29, 0.717) is 0 Å². The van der Waals surface area contributed by atoms with Gasteiger partial charge in [-0.05, 0) is 26.3 Å². The van der Waals surface area contributed by atoms with Crippen LogP contribution in [0.4, 0.5) is 0 Å². The summed E-state index contributed by atoms with van der Waals surface area (Å²) >= 11 is 0. The van der Waals surface area contributed by atoms with E-state index < -0.39 is 8.07 Å². The van der Waals surface area contributed by atoms with E-state index >= 15 is 0 Å². The van der Waals surface area contributed by atoms with E-state index in [9.17, 15) is 4.79 Å². The first-order valence-corrected chi connectivity index (χ1v) is 11.5. The van der Waals surface area contributed by atoms with Crippen molar-refractivity contribution in [1.82, 2.24) is 4.90 Å². The lowest BCUT2D eigenvalue weighted by Gasteiger charge is -2.28. The third-order valence-corrected chi connectivity index (χ3v) is 8.25. The van der Waals surface area contributed by atoms with Gasteiger partial charge < -0.3 is 4.90 Å². The molecule has 122 valence electrons. The normalized spacial score (nSPS) is 12.3. The molecule has 2 nitrogen and oxygen atoms in total. The van der Waals surface area contributed by atoms with Crippen LogP contribution >= 0.6 is 0 Å². The van der Waals surface area contributed by atoms with E-state index in [1.165, 1.54) is 10.4 Å². The van der Waals surface area contributed by atoms with Crippen molar-refractivity contribution in [3.05, 3.63) is 41.6 Å². The molecule has 0 bridgehead atoms. The minimum Gasteiger partial charge on any atom is -0.340 e. The molecule has 0 atom stereocenters. The quantitative estimate of drug-likeness (QED) is 0.521. The number of unbranched alkanes of at least 4 members (excludes halogenated alkanes) is 1. The number of carbonyl (C=O) groups is 1. The van der Waals surface area contributed by atoms with Gasteiger partial charge in [0.1, 0.15) is 8.07 Å². The molecule has 0 aromatic heterocycles. The van der Waals surface area contributed by atoms with Crippen LogP contribution in [0.1, 0.15) is 40.0 Å². The van der Waals surface area contributed by atoms with Crippen LogP contribution in [-0.2, 0) is 4.79 Å². The number of benzene rings is 1. The monoisotopic (exact) mass is 317 g/mol. The molecule has 0 radical (unpaired) electrons. The van der Waals surface area contributed by atoms with Crippen molar-refractivity contribution >= 4 is 19.2 Å². The number of nitrogens with zero attached hydrogens (tertiary/aromatic N) is 1. The van der Waals surface area contributed by atoms with Crippen molar-refractivity contribution < 1.29 is 4.79 Å². The Labute approximate surface area is 137 Å². The maximum Gasteiger partial charge on any atom is 0.246 e. The minimum absolute atomic E-state index is 0.174. The first-order valence-electron chi connectivity index (χ1n) is 8.52. The maximum absolute atomic E-state index is 12.5. The molecule has 0 aliphatic heterocycles. The number of hydrogen-bond donors (Lipinski definition) is 0. The second kappa shape index (κ2) is 8.94. The molecule has 1 aromatic carbocycles. The Kier molecular flexibility index (Phi) is 7.59. The van der Waals surface area contributed by atoms with Crippen molar-refractivity contribution in [2.45, 2.75) is 53.1 Å². The Bertz CT molecular complexity index is 489. The van der Waals surface area contributed by atoms with E-state index in [1.54, 1.807) is 0 Å². The fourth-order valence-electron chi connectivity index (χ4n) is 2.75. The summed E-state index contributed by atoms with van der Waals surface area (Å²) in [5, 5.41) is 2.78. The first kappa shape index (κ1) is 18.7. The Morgan fingerprint density at radius 1 is 1.09 bits per heavy atom. The van der Waals surface area contributed by atoms with Gasteiger partial charge in [-0.3, -0.25) is 4.79 Å². The molecule has 22 heavy (non-hydrogen) atoms. The molecule has 0 spiro atoms. The summed E-state index contributed by atoms with van der Waals surface area (Å²) in [6, 6.07) is 10.7. The molecule has 0 saturated carbocycles. The Hall–Kier alpha value is -1.35. The van der Waals surface area contributed by atoms with Gasteiger partial charge in [-0.15, -0.1) is 0 Å². The van der Waals surface area contributed by atoms with Crippen LogP contribution in [-0.4, -0.2) is 32.0 Å². The highest BCUT2D eigenvalue weighted by molar-refractivity contribution is 6.95. The van der Waals surface area contributed by atoms with Gasteiger partial charge in [-0.25, -0.2) is 0 Å². The van der Waals surface area contributed by atoms with E-state index in [-0.39, 0.29) is 5.91 Å². The highest BCUT2D eigenvalue weighted by Gasteiger charge is 2.28. The molecule has 0 heterocycles. The molecule has 0 fully saturated rings. The van der Waals surface area contributed by atoms with E-state index in [2.05, 4.69) is 50.3 Å². The second-order valence-corrected chi connectivity index (χ2v) is 10.7. The summed E-state index contributed by atoms with van der Waals surface area (Å²) in [6.07, 6.45) is 5.30. The number of rotatable bonds is 8. The summed E-state index contributed by atoms with van der Waals surface area (Å²) in [4.78, 5) is 14.4. The lowest BCUT2D eigenvalue weighted by molar-refractivity contribution is -0.125. The molecule has 1 amide bonds. The summed E-state index contributed by atoms with van der Waals surface area (Å²) < 4.78 is 0. The highest BCUT2D eigenvalue weighted by Crippen LogP contribution is 2.21. The Morgan fingerprint density at radius 2 is 1.68 bits per heavy atom. The van der Waals surface area contributed by atoms with Gasteiger partial charge in [0, 0.05) is 13.1 Å². The van der Waals surface area contributed by atoms with Crippen LogP contribution < -0.4 is 5.19 Å². The SMILES string of the molecule is CCCC/C(=C\C(=O)N(CC)CC)[Si](C)(C)c1ccccc1. The molecule has 1 rings (SSSR count).